The van der Waals surface area contributed by atoms with Gasteiger partial charge in [-0.05, 0) is 25.3 Å². The number of nitrogen functional groups attached to an aromatic ring is 1. The Balaban J connectivity index is 1.82. The Morgan fingerprint density at radius 1 is 1.38 bits per heavy atom. The fourth-order valence-electron chi connectivity index (χ4n) is 3.17. The molecule has 6 nitrogen and oxygen atoms in total. The highest BCUT2D eigenvalue weighted by Crippen LogP contribution is 2.39. The molecule has 0 bridgehead atoms. The van der Waals surface area contributed by atoms with Gasteiger partial charge in [0, 0.05) is 24.4 Å². The quantitative estimate of drug-likeness (QED) is 0.598. The highest BCUT2D eigenvalue weighted by Gasteiger charge is 2.27. The third-order valence-electron chi connectivity index (χ3n) is 4.76. The van der Waals surface area contributed by atoms with Crippen LogP contribution >= 0.6 is 23.1 Å². The second-order valence-corrected chi connectivity index (χ2v) is 8.75. The summed E-state index contributed by atoms with van der Waals surface area (Å²) in [5, 5.41) is 1.54. The maximum Gasteiger partial charge on any atom is 0.233 e. The Morgan fingerprint density at radius 2 is 2.12 bits per heavy atom. The zero-order chi connectivity index (χ0) is 18.8. The molecular weight excluding hydrogens is 368 g/mol. The first-order chi connectivity index (χ1) is 12.4. The number of nitrogens with zero attached hydrogens (tertiary/aromatic N) is 3. The fraction of sp³-hybridized carbons (Fsp3) is 0.611. The molecule has 1 aliphatic heterocycles. The summed E-state index contributed by atoms with van der Waals surface area (Å²) in [4.78, 5) is 25.2. The number of anilines is 1. The van der Waals surface area contributed by atoms with Gasteiger partial charge in [-0.1, -0.05) is 25.6 Å². The van der Waals surface area contributed by atoms with Crippen LogP contribution in [0.1, 0.15) is 38.1 Å². The predicted molar refractivity (Wildman–Crippen MR) is 108 cm³/mol. The monoisotopic (exact) mass is 394 g/mol. The summed E-state index contributed by atoms with van der Waals surface area (Å²) in [5.74, 6) is 1.40. The van der Waals surface area contributed by atoms with Crippen LogP contribution in [0.2, 0.25) is 0 Å². The molecule has 26 heavy (non-hydrogen) atoms. The molecule has 3 heterocycles. The highest BCUT2D eigenvalue weighted by atomic mass is 32.2. The van der Waals surface area contributed by atoms with Gasteiger partial charge in [0.15, 0.2) is 5.16 Å². The second kappa shape index (κ2) is 8.10. The van der Waals surface area contributed by atoms with Gasteiger partial charge in [0.25, 0.3) is 0 Å². The van der Waals surface area contributed by atoms with Crippen LogP contribution in [0.15, 0.2) is 5.16 Å². The van der Waals surface area contributed by atoms with Crippen LogP contribution in [0.4, 0.5) is 5.82 Å². The topological polar surface area (TPSA) is 81.3 Å². The van der Waals surface area contributed by atoms with Gasteiger partial charge in [-0.2, -0.15) is 0 Å². The van der Waals surface area contributed by atoms with Gasteiger partial charge < -0.3 is 15.4 Å². The van der Waals surface area contributed by atoms with E-state index in [0.29, 0.717) is 42.3 Å². The number of rotatable bonds is 6. The third-order valence-corrected chi connectivity index (χ3v) is 6.69. The average molecular weight is 395 g/mol. The molecule has 142 valence electrons. The van der Waals surface area contributed by atoms with E-state index < -0.39 is 0 Å². The molecule has 0 saturated carbocycles. The number of aromatic nitrogens is 2. The molecule has 2 aromatic rings. The molecule has 8 heteroatoms. The lowest BCUT2D eigenvalue weighted by Gasteiger charge is -2.26. The number of fused-ring (bicyclic) bond motifs is 3. The zero-order valence-electron chi connectivity index (χ0n) is 15.7. The minimum Gasteiger partial charge on any atom is -0.383 e. The molecule has 0 unspecified atom stereocenters. The van der Waals surface area contributed by atoms with Crippen molar-refractivity contribution in [3.63, 3.8) is 0 Å². The summed E-state index contributed by atoms with van der Waals surface area (Å²) in [6.45, 7) is 10.3. The third kappa shape index (κ3) is 3.82. The molecule has 3 rings (SSSR count). The van der Waals surface area contributed by atoms with Crippen LogP contribution in [0.25, 0.3) is 10.2 Å². The number of hydrogen-bond acceptors (Lipinski definition) is 7. The summed E-state index contributed by atoms with van der Waals surface area (Å²) in [7, 11) is 0. The first-order valence-electron chi connectivity index (χ1n) is 9.04. The van der Waals surface area contributed by atoms with E-state index in [4.69, 9.17) is 10.5 Å². The molecule has 1 aliphatic rings. The van der Waals surface area contributed by atoms with E-state index in [2.05, 4.69) is 23.8 Å². The number of amides is 1. The van der Waals surface area contributed by atoms with Gasteiger partial charge >= 0.3 is 0 Å². The standard InChI is InChI=1S/C18H26N4O2S2/c1-5-22(6-2)14(23)9-25-18-20-16(19)15-11-7-12(10(3)4)24-8-13(11)26-17(15)21-18/h10,12H,5-9H2,1-4H3,(H2,19,20,21)/t12-/m0/s1. The molecule has 0 radical (unpaired) electrons. The summed E-state index contributed by atoms with van der Waals surface area (Å²) in [5.41, 5.74) is 7.51. The molecule has 0 aromatic carbocycles. The lowest BCUT2D eigenvalue weighted by molar-refractivity contribution is -0.127. The highest BCUT2D eigenvalue weighted by molar-refractivity contribution is 7.99. The van der Waals surface area contributed by atoms with Crippen molar-refractivity contribution in [2.45, 2.75) is 52.0 Å². The van der Waals surface area contributed by atoms with E-state index in [1.54, 1.807) is 11.3 Å². The Labute approximate surface area is 162 Å². The van der Waals surface area contributed by atoms with Crippen molar-refractivity contribution in [2.24, 2.45) is 5.92 Å². The van der Waals surface area contributed by atoms with Crippen molar-refractivity contribution in [2.75, 3.05) is 24.6 Å². The molecule has 1 amide bonds. The van der Waals surface area contributed by atoms with Crippen molar-refractivity contribution < 1.29 is 9.53 Å². The summed E-state index contributed by atoms with van der Waals surface area (Å²) in [6.07, 6.45) is 1.06. The van der Waals surface area contributed by atoms with Crippen LogP contribution in [0.3, 0.4) is 0 Å². The minimum absolute atomic E-state index is 0.0981. The van der Waals surface area contributed by atoms with Crippen LogP contribution in [0.5, 0.6) is 0 Å². The van der Waals surface area contributed by atoms with Crippen molar-refractivity contribution in [1.29, 1.82) is 0 Å². The van der Waals surface area contributed by atoms with E-state index >= 15 is 0 Å². The number of carbonyl (C=O) groups excluding carboxylic acids is 1. The molecule has 0 aliphatic carbocycles. The van der Waals surface area contributed by atoms with Crippen molar-refractivity contribution in [3.05, 3.63) is 10.4 Å². The van der Waals surface area contributed by atoms with E-state index in [1.807, 2.05) is 18.7 Å². The van der Waals surface area contributed by atoms with Gasteiger partial charge in [-0.15, -0.1) is 11.3 Å². The first-order valence-corrected chi connectivity index (χ1v) is 10.8. The number of carbonyl (C=O) groups is 1. The Hall–Kier alpha value is -1.38. The number of thiophene rings is 1. The van der Waals surface area contributed by atoms with Gasteiger partial charge in [-0.3, -0.25) is 4.79 Å². The molecule has 2 aromatic heterocycles. The van der Waals surface area contributed by atoms with E-state index in [1.165, 1.54) is 22.2 Å². The normalized spacial score (nSPS) is 16.9. The van der Waals surface area contributed by atoms with Crippen LogP contribution in [0, 0.1) is 5.92 Å². The zero-order valence-corrected chi connectivity index (χ0v) is 17.4. The van der Waals surface area contributed by atoms with Gasteiger partial charge in [0.2, 0.25) is 5.91 Å². The van der Waals surface area contributed by atoms with Gasteiger partial charge in [0.1, 0.15) is 10.6 Å². The second-order valence-electron chi connectivity index (χ2n) is 6.73. The summed E-state index contributed by atoms with van der Waals surface area (Å²) in [6, 6.07) is 0. The number of nitrogens with two attached hydrogens (primary N) is 1. The fourth-order valence-corrected chi connectivity index (χ4v) is 5.12. The number of thioether (sulfide) groups is 1. The Kier molecular flexibility index (Phi) is 6.04. The minimum atomic E-state index is 0.0981. The summed E-state index contributed by atoms with van der Waals surface area (Å²) >= 11 is 2.98. The smallest absolute Gasteiger partial charge is 0.233 e. The SMILES string of the molecule is CCN(CC)C(=O)CSc1nc(N)c2c3c(sc2n1)CO[C@H](C(C)C)C3. The van der Waals surface area contributed by atoms with Crippen molar-refractivity contribution in [1.82, 2.24) is 14.9 Å². The Bertz CT molecular complexity index is 802. The molecule has 0 spiro atoms. The average Bonchev–Trinajstić information content (AvgIpc) is 2.98. The largest absolute Gasteiger partial charge is 0.383 e. The van der Waals surface area contributed by atoms with Crippen molar-refractivity contribution >= 4 is 45.0 Å². The number of ether oxygens (including phenoxy) is 1. The van der Waals surface area contributed by atoms with Crippen molar-refractivity contribution in [3.8, 4) is 0 Å². The van der Waals surface area contributed by atoms with E-state index in [-0.39, 0.29) is 12.0 Å². The van der Waals surface area contributed by atoms with Gasteiger partial charge in [0.05, 0.1) is 23.8 Å². The lowest BCUT2D eigenvalue weighted by Crippen LogP contribution is -2.31. The first kappa shape index (κ1) is 19.4. The van der Waals surface area contributed by atoms with Crippen LogP contribution < -0.4 is 5.73 Å². The molecule has 0 saturated heterocycles. The number of hydrogen-bond donors (Lipinski definition) is 1. The predicted octanol–water partition coefficient (Wildman–Crippen LogP) is 3.33. The molecular formula is C18H26N4O2S2. The maximum atomic E-state index is 12.2. The molecule has 2 N–H and O–H groups in total. The van der Waals surface area contributed by atoms with Crippen LogP contribution in [-0.2, 0) is 22.6 Å². The molecule has 0 fully saturated rings. The lowest BCUT2D eigenvalue weighted by atomic mass is 9.96. The maximum absolute atomic E-state index is 12.2. The van der Waals surface area contributed by atoms with E-state index in [9.17, 15) is 4.79 Å². The molecule has 1 atom stereocenters. The Morgan fingerprint density at radius 3 is 2.77 bits per heavy atom. The summed E-state index contributed by atoms with van der Waals surface area (Å²) < 4.78 is 5.96. The van der Waals surface area contributed by atoms with E-state index in [0.717, 1.165) is 16.6 Å². The van der Waals surface area contributed by atoms with Crippen LogP contribution in [-0.4, -0.2) is 45.7 Å². The van der Waals surface area contributed by atoms with Gasteiger partial charge in [-0.25, -0.2) is 9.97 Å².